The molecule has 1 saturated carbocycles. The van der Waals surface area contributed by atoms with Gasteiger partial charge in [0.1, 0.15) is 0 Å². The molecule has 1 aliphatic carbocycles. The third-order valence-electron chi connectivity index (χ3n) is 5.71. The molecular formula is C24H25NO. The van der Waals surface area contributed by atoms with Crippen molar-refractivity contribution in [2.45, 2.75) is 44.9 Å². The van der Waals surface area contributed by atoms with Gasteiger partial charge in [0, 0.05) is 22.2 Å². The fourth-order valence-corrected chi connectivity index (χ4v) is 4.47. The summed E-state index contributed by atoms with van der Waals surface area (Å²) in [6.07, 6.45) is 8.23. The van der Waals surface area contributed by atoms with E-state index in [-0.39, 0.29) is 5.78 Å². The van der Waals surface area contributed by atoms with E-state index in [1.165, 1.54) is 54.3 Å². The molecule has 1 heterocycles. The second-order valence-corrected chi connectivity index (χ2v) is 7.32. The van der Waals surface area contributed by atoms with Gasteiger partial charge in [-0.2, -0.15) is 0 Å². The van der Waals surface area contributed by atoms with Crippen LogP contribution in [0.25, 0.3) is 28.2 Å². The van der Waals surface area contributed by atoms with Crippen LogP contribution in [0.3, 0.4) is 0 Å². The molecule has 2 aromatic carbocycles. The van der Waals surface area contributed by atoms with Gasteiger partial charge in [0.15, 0.2) is 5.78 Å². The maximum atomic E-state index is 12.1. The van der Waals surface area contributed by atoms with Crippen LogP contribution in [0.4, 0.5) is 0 Å². The van der Waals surface area contributed by atoms with E-state index in [2.05, 4.69) is 48.0 Å². The van der Waals surface area contributed by atoms with E-state index >= 15 is 0 Å². The molecular weight excluding hydrogens is 318 g/mol. The Morgan fingerprint density at radius 3 is 2.46 bits per heavy atom. The maximum Gasteiger partial charge on any atom is 0.160 e. The van der Waals surface area contributed by atoms with Crippen molar-refractivity contribution >= 4 is 22.8 Å². The first-order chi connectivity index (χ1) is 12.7. The van der Waals surface area contributed by atoms with Crippen LogP contribution < -0.4 is 0 Å². The van der Waals surface area contributed by atoms with Crippen LogP contribution in [0.1, 0.15) is 66.4 Å². The smallest absolute Gasteiger partial charge is 0.160 e. The predicted molar refractivity (Wildman–Crippen MR) is 110 cm³/mol. The van der Waals surface area contributed by atoms with Crippen LogP contribution in [0.2, 0.25) is 0 Å². The Labute approximate surface area is 154 Å². The first-order valence-corrected chi connectivity index (χ1v) is 9.58. The van der Waals surface area contributed by atoms with Crippen LogP contribution in [0.5, 0.6) is 0 Å². The third kappa shape index (κ3) is 2.80. The lowest BCUT2D eigenvalue weighted by Crippen LogP contribution is -2.05. The summed E-state index contributed by atoms with van der Waals surface area (Å²) in [5.41, 5.74) is 6.55. The quantitative estimate of drug-likeness (QED) is 0.523. The van der Waals surface area contributed by atoms with Gasteiger partial charge in [-0.15, -0.1) is 0 Å². The fourth-order valence-electron chi connectivity index (χ4n) is 4.47. The Kier molecular flexibility index (Phi) is 4.50. The summed E-state index contributed by atoms with van der Waals surface area (Å²) in [5, 5.41) is 1.25. The molecule has 0 unspecified atom stereocenters. The van der Waals surface area contributed by atoms with Gasteiger partial charge in [0.05, 0.1) is 5.52 Å². The maximum absolute atomic E-state index is 12.1. The summed E-state index contributed by atoms with van der Waals surface area (Å²) in [4.78, 5) is 15.7. The van der Waals surface area contributed by atoms with Crippen LogP contribution >= 0.6 is 0 Å². The van der Waals surface area contributed by atoms with Crippen molar-refractivity contribution in [2.24, 2.45) is 0 Å². The highest BCUT2D eigenvalue weighted by Gasteiger charge is 2.25. The number of carbonyl (C=O) groups is 1. The molecule has 0 radical (unpaired) electrons. The van der Waals surface area contributed by atoms with Gasteiger partial charge in [0.25, 0.3) is 0 Å². The molecule has 4 rings (SSSR count). The molecule has 132 valence electrons. The summed E-state index contributed by atoms with van der Waals surface area (Å²) in [7, 11) is 0. The Morgan fingerprint density at radius 1 is 1.08 bits per heavy atom. The summed E-state index contributed by atoms with van der Waals surface area (Å²) >= 11 is 0. The number of benzene rings is 2. The van der Waals surface area contributed by atoms with E-state index < -0.39 is 0 Å². The normalized spacial score (nSPS) is 15.3. The van der Waals surface area contributed by atoms with Crippen molar-refractivity contribution in [1.82, 2.24) is 4.98 Å². The minimum absolute atomic E-state index is 0.0804. The Morgan fingerprint density at radius 2 is 1.81 bits per heavy atom. The van der Waals surface area contributed by atoms with Gasteiger partial charge in [-0.1, -0.05) is 74.4 Å². The van der Waals surface area contributed by atoms with Crippen LogP contribution in [-0.4, -0.2) is 10.8 Å². The molecule has 0 aliphatic heterocycles. The molecule has 2 nitrogen and oxygen atoms in total. The summed E-state index contributed by atoms with van der Waals surface area (Å²) in [6, 6.07) is 14.6. The number of rotatable bonds is 4. The summed E-state index contributed by atoms with van der Waals surface area (Å²) < 4.78 is 0. The van der Waals surface area contributed by atoms with Crippen molar-refractivity contribution in [3.8, 4) is 11.3 Å². The Balaban J connectivity index is 2.02. The second kappa shape index (κ2) is 6.95. The van der Waals surface area contributed by atoms with Crippen molar-refractivity contribution in [1.29, 1.82) is 0 Å². The first kappa shape index (κ1) is 16.8. The van der Waals surface area contributed by atoms with Crippen LogP contribution in [0.15, 0.2) is 49.0 Å². The highest BCUT2D eigenvalue weighted by Crippen LogP contribution is 2.43. The monoisotopic (exact) mass is 343 g/mol. The Hall–Kier alpha value is -2.61. The molecule has 0 amide bonds. The van der Waals surface area contributed by atoms with E-state index in [0.29, 0.717) is 5.92 Å². The lowest BCUT2D eigenvalue weighted by molar-refractivity contribution is 0.101. The van der Waals surface area contributed by atoms with Crippen molar-refractivity contribution < 1.29 is 4.79 Å². The zero-order chi connectivity index (χ0) is 18.1. The SMILES string of the molecule is C=Cc1c(C(C)=O)ccc2c(C3CCCCC3)c(-c3ccccc3)[nH]c12. The highest BCUT2D eigenvalue weighted by atomic mass is 16.1. The molecule has 26 heavy (non-hydrogen) atoms. The average molecular weight is 343 g/mol. The van der Waals surface area contributed by atoms with E-state index in [9.17, 15) is 4.79 Å². The number of aromatic nitrogens is 1. The number of aromatic amines is 1. The topological polar surface area (TPSA) is 32.9 Å². The number of carbonyl (C=O) groups excluding carboxylic acids is 1. The lowest BCUT2D eigenvalue weighted by Gasteiger charge is -2.23. The summed E-state index contributed by atoms with van der Waals surface area (Å²) in [6.45, 7) is 5.60. The number of fused-ring (bicyclic) bond motifs is 1. The average Bonchev–Trinajstić information content (AvgIpc) is 3.08. The number of ketones is 1. The molecule has 0 saturated heterocycles. The van der Waals surface area contributed by atoms with Crippen molar-refractivity contribution in [2.75, 3.05) is 0 Å². The minimum atomic E-state index is 0.0804. The molecule has 1 N–H and O–H groups in total. The van der Waals surface area contributed by atoms with Gasteiger partial charge in [0.2, 0.25) is 0 Å². The zero-order valence-electron chi connectivity index (χ0n) is 15.3. The summed E-state index contributed by atoms with van der Waals surface area (Å²) in [5.74, 6) is 0.658. The molecule has 0 bridgehead atoms. The molecule has 1 fully saturated rings. The van der Waals surface area contributed by atoms with E-state index in [1.54, 1.807) is 6.92 Å². The number of hydrogen-bond donors (Lipinski definition) is 1. The number of H-pyrrole nitrogens is 1. The molecule has 1 aliphatic rings. The Bertz CT molecular complexity index is 959. The molecule has 2 heteroatoms. The van der Waals surface area contributed by atoms with Crippen LogP contribution in [0, 0.1) is 0 Å². The van der Waals surface area contributed by atoms with Crippen LogP contribution in [-0.2, 0) is 0 Å². The third-order valence-corrected chi connectivity index (χ3v) is 5.71. The van der Waals surface area contributed by atoms with Gasteiger partial charge in [-0.05, 0) is 36.8 Å². The lowest BCUT2D eigenvalue weighted by atomic mass is 9.81. The predicted octanol–water partition coefficient (Wildman–Crippen LogP) is 6.73. The minimum Gasteiger partial charge on any atom is -0.354 e. The molecule has 1 aromatic heterocycles. The van der Waals surface area contributed by atoms with Gasteiger partial charge < -0.3 is 4.98 Å². The number of Topliss-reactive ketones (excluding diaryl/α,β-unsaturated/α-hetero) is 1. The fraction of sp³-hybridized carbons (Fsp3) is 0.292. The van der Waals surface area contributed by atoms with Gasteiger partial charge >= 0.3 is 0 Å². The largest absolute Gasteiger partial charge is 0.354 e. The van der Waals surface area contributed by atoms with E-state index in [0.717, 1.165) is 16.6 Å². The number of nitrogens with one attached hydrogen (secondary N) is 1. The number of hydrogen-bond acceptors (Lipinski definition) is 1. The van der Waals surface area contributed by atoms with Gasteiger partial charge in [-0.3, -0.25) is 4.79 Å². The standard InChI is InChI=1S/C24H25NO/c1-3-19-20(16(2)26)14-15-21-22(17-10-6-4-7-11-17)23(25-24(19)21)18-12-8-5-9-13-18/h3,5,8-9,12-15,17,25H,1,4,6-7,10-11H2,2H3. The highest BCUT2D eigenvalue weighted by molar-refractivity contribution is 6.06. The van der Waals surface area contributed by atoms with E-state index in [4.69, 9.17) is 0 Å². The molecule has 3 aromatic rings. The molecule has 0 spiro atoms. The van der Waals surface area contributed by atoms with Crippen molar-refractivity contribution in [3.63, 3.8) is 0 Å². The zero-order valence-corrected chi connectivity index (χ0v) is 15.3. The second-order valence-electron chi connectivity index (χ2n) is 7.32. The van der Waals surface area contributed by atoms with Crippen molar-refractivity contribution in [3.05, 3.63) is 65.7 Å². The molecule has 0 atom stereocenters. The van der Waals surface area contributed by atoms with E-state index in [1.807, 2.05) is 12.1 Å². The first-order valence-electron chi connectivity index (χ1n) is 9.58. The van der Waals surface area contributed by atoms with Gasteiger partial charge in [-0.25, -0.2) is 0 Å².